The van der Waals surface area contributed by atoms with E-state index >= 15 is 0 Å². The molecule has 0 aromatic carbocycles. The highest BCUT2D eigenvalue weighted by atomic mass is 16.5. The Bertz CT molecular complexity index is 462. The van der Waals surface area contributed by atoms with Crippen LogP contribution >= 0.6 is 0 Å². The van der Waals surface area contributed by atoms with E-state index in [9.17, 15) is 0 Å². The number of ether oxygens (including phenoxy) is 1. The summed E-state index contributed by atoms with van der Waals surface area (Å²) in [7, 11) is 0. The van der Waals surface area contributed by atoms with Gasteiger partial charge in [0.15, 0.2) is 23.5 Å². The third kappa shape index (κ3) is 1.04. The van der Waals surface area contributed by atoms with E-state index in [2.05, 4.69) is 15.0 Å². The number of nitrogens with zero attached hydrogens (tertiary/aromatic N) is 3. The first-order valence-corrected chi connectivity index (χ1v) is 4.34. The van der Waals surface area contributed by atoms with Gasteiger partial charge in [0.2, 0.25) is 0 Å². The Morgan fingerprint density at radius 1 is 1.36 bits per heavy atom. The van der Waals surface area contributed by atoms with Crippen molar-refractivity contribution >= 4 is 17.9 Å². The predicted octanol–water partition coefficient (Wildman–Crippen LogP) is 1.51. The van der Waals surface area contributed by atoms with Crippen LogP contribution in [0.5, 0.6) is 5.75 Å². The topological polar surface area (TPSA) is 46.8 Å². The average Bonchev–Trinajstić information content (AvgIpc) is 2.26. The van der Waals surface area contributed by atoms with Gasteiger partial charge in [-0.05, 0) is 24.3 Å². The number of amidine groups is 1. The molecule has 0 N–H and O–H groups in total. The lowest BCUT2D eigenvalue weighted by molar-refractivity contribution is 0.305. The van der Waals surface area contributed by atoms with Gasteiger partial charge in [0.05, 0.1) is 0 Å². The van der Waals surface area contributed by atoms with Crippen LogP contribution in [0.2, 0.25) is 0 Å². The number of aromatic nitrogens is 1. The van der Waals surface area contributed by atoms with E-state index in [0.717, 1.165) is 0 Å². The molecule has 3 heterocycles. The fourth-order valence-electron chi connectivity index (χ4n) is 1.42. The lowest BCUT2D eigenvalue weighted by Crippen LogP contribution is -2.28. The lowest BCUT2D eigenvalue weighted by atomic mass is 10.2. The average molecular weight is 185 g/mol. The second-order valence-electron chi connectivity index (χ2n) is 3.00. The first kappa shape index (κ1) is 7.44. The Labute approximate surface area is 80.7 Å². The molecule has 0 aliphatic carbocycles. The van der Waals surface area contributed by atoms with E-state index in [1.165, 1.54) is 0 Å². The molecule has 1 unspecified atom stereocenters. The number of allylic oxidation sites excluding steroid dienone is 1. The minimum atomic E-state index is -0.156. The maximum absolute atomic E-state index is 5.64. The third-order valence-corrected chi connectivity index (χ3v) is 2.06. The molecule has 0 radical (unpaired) electrons. The maximum Gasteiger partial charge on any atom is 0.196 e. The van der Waals surface area contributed by atoms with Crippen molar-refractivity contribution < 1.29 is 4.74 Å². The smallest absolute Gasteiger partial charge is 0.196 e. The zero-order valence-electron chi connectivity index (χ0n) is 7.29. The number of dihydropyridines is 1. The molecule has 4 heteroatoms. The van der Waals surface area contributed by atoms with Crippen molar-refractivity contribution in [3.8, 4) is 5.75 Å². The zero-order valence-corrected chi connectivity index (χ0v) is 7.29. The molecule has 1 aromatic rings. The normalized spacial score (nSPS) is 22.0. The Morgan fingerprint density at radius 2 is 2.36 bits per heavy atom. The van der Waals surface area contributed by atoms with Crippen LogP contribution in [0.3, 0.4) is 0 Å². The minimum Gasteiger partial charge on any atom is -0.474 e. The van der Waals surface area contributed by atoms with Crippen molar-refractivity contribution in [3.63, 3.8) is 0 Å². The Kier molecular flexibility index (Phi) is 1.47. The highest BCUT2D eigenvalue weighted by molar-refractivity contribution is 6.01. The summed E-state index contributed by atoms with van der Waals surface area (Å²) >= 11 is 0. The number of fused-ring (bicyclic) bond motifs is 2. The summed E-state index contributed by atoms with van der Waals surface area (Å²) < 4.78 is 5.64. The van der Waals surface area contributed by atoms with Crippen LogP contribution < -0.4 is 4.74 Å². The fraction of sp³-hybridized carbons (Fsp3) is 0.100. The van der Waals surface area contributed by atoms with Crippen molar-refractivity contribution in [1.29, 1.82) is 0 Å². The molecule has 0 fully saturated rings. The first-order valence-electron chi connectivity index (χ1n) is 4.34. The number of pyridine rings is 1. The zero-order chi connectivity index (χ0) is 9.38. The second kappa shape index (κ2) is 2.77. The largest absolute Gasteiger partial charge is 0.474 e. The molecule has 0 bridgehead atoms. The molecule has 1 atom stereocenters. The van der Waals surface area contributed by atoms with E-state index in [1.54, 1.807) is 12.4 Å². The van der Waals surface area contributed by atoms with Gasteiger partial charge < -0.3 is 4.74 Å². The molecule has 3 rings (SSSR count). The first-order chi connectivity index (χ1) is 6.93. The molecule has 4 nitrogen and oxygen atoms in total. The second-order valence-corrected chi connectivity index (χ2v) is 3.00. The summed E-state index contributed by atoms with van der Waals surface area (Å²) in [4.78, 5) is 12.5. The summed E-state index contributed by atoms with van der Waals surface area (Å²) in [5.74, 6) is 1.98. The van der Waals surface area contributed by atoms with E-state index < -0.39 is 0 Å². The summed E-state index contributed by atoms with van der Waals surface area (Å²) in [6, 6.07) is 3.68. The summed E-state index contributed by atoms with van der Waals surface area (Å²) in [6.07, 6.45) is 7.01. The van der Waals surface area contributed by atoms with Gasteiger partial charge in [-0.2, -0.15) is 0 Å². The SMILES string of the molecule is C1=CC2Oc3cccnc3N=C2N=C1. The summed E-state index contributed by atoms with van der Waals surface area (Å²) in [6.45, 7) is 0. The van der Waals surface area contributed by atoms with Crippen LogP contribution in [-0.2, 0) is 0 Å². The van der Waals surface area contributed by atoms with Crippen LogP contribution in [0.15, 0.2) is 40.5 Å². The van der Waals surface area contributed by atoms with Crippen molar-refractivity contribution in [2.45, 2.75) is 6.10 Å². The van der Waals surface area contributed by atoms with Gasteiger partial charge in [-0.25, -0.2) is 15.0 Å². The van der Waals surface area contributed by atoms with Crippen molar-refractivity contribution in [2.75, 3.05) is 0 Å². The van der Waals surface area contributed by atoms with Gasteiger partial charge >= 0.3 is 0 Å². The van der Waals surface area contributed by atoms with Gasteiger partial charge in [-0.1, -0.05) is 0 Å². The van der Waals surface area contributed by atoms with Crippen LogP contribution in [0, 0.1) is 0 Å². The highest BCUT2D eigenvalue weighted by Gasteiger charge is 2.23. The Hall–Kier alpha value is -1.97. The Balaban J connectivity index is 2.13. The maximum atomic E-state index is 5.64. The Morgan fingerprint density at radius 3 is 3.36 bits per heavy atom. The van der Waals surface area contributed by atoms with Crippen LogP contribution in [0.1, 0.15) is 0 Å². The summed E-state index contributed by atoms with van der Waals surface area (Å²) in [5.41, 5.74) is 0. The van der Waals surface area contributed by atoms with Crippen molar-refractivity contribution in [3.05, 3.63) is 30.5 Å². The van der Waals surface area contributed by atoms with Crippen molar-refractivity contribution in [1.82, 2.24) is 4.98 Å². The van der Waals surface area contributed by atoms with Gasteiger partial charge in [-0.15, -0.1) is 0 Å². The van der Waals surface area contributed by atoms with E-state index in [-0.39, 0.29) is 6.10 Å². The molecule has 0 amide bonds. The number of hydrogen-bond donors (Lipinski definition) is 0. The van der Waals surface area contributed by atoms with E-state index in [4.69, 9.17) is 4.74 Å². The number of aliphatic imine (C=N–C) groups is 2. The highest BCUT2D eigenvalue weighted by Crippen LogP contribution is 2.30. The third-order valence-electron chi connectivity index (χ3n) is 2.06. The van der Waals surface area contributed by atoms with E-state index in [0.29, 0.717) is 17.4 Å². The fourth-order valence-corrected chi connectivity index (χ4v) is 1.42. The molecule has 0 spiro atoms. The quantitative estimate of drug-likeness (QED) is 0.615. The van der Waals surface area contributed by atoms with E-state index in [1.807, 2.05) is 24.3 Å². The minimum absolute atomic E-state index is 0.156. The van der Waals surface area contributed by atoms with Crippen LogP contribution in [0.4, 0.5) is 5.82 Å². The molecule has 0 saturated carbocycles. The molecular weight excluding hydrogens is 178 g/mol. The lowest BCUT2D eigenvalue weighted by Gasteiger charge is -2.21. The molecule has 14 heavy (non-hydrogen) atoms. The van der Waals surface area contributed by atoms with Crippen LogP contribution in [0.25, 0.3) is 0 Å². The van der Waals surface area contributed by atoms with Gasteiger partial charge in [0.25, 0.3) is 0 Å². The molecular formula is C10H7N3O. The molecule has 1 aromatic heterocycles. The van der Waals surface area contributed by atoms with Gasteiger partial charge in [0.1, 0.15) is 0 Å². The van der Waals surface area contributed by atoms with Gasteiger partial charge in [-0.3, -0.25) is 0 Å². The van der Waals surface area contributed by atoms with Crippen LogP contribution in [-0.4, -0.2) is 23.1 Å². The predicted molar refractivity (Wildman–Crippen MR) is 53.4 cm³/mol. The van der Waals surface area contributed by atoms with Crippen molar-refractivity contribution in [2.24, 2.45) is 9.98 Å². The number of hydrogen-bond acceptors (Lipinski definition) is 4. The monoisotopic (exact) mass is 185 g/mol. The summed E-state index contributed by atoms with van der Waals surface area (Å²) in [5, 5.41) is 0. The number of rotatable bonds is 0. The molecule has 0 saturated heterocycles. The van der Waals surface area contributed by atoms with Gasteiger partial charge in [0, 0.05) is 12.4 Å². The molecule has 2 aliphatic rings. The molecule has 68 valence electrons. The standard InChI is InChI=1S/C10H7N3O/c1-3-7-9(11-5-1)13-10-8(14-7)4-2-6-12-10/h1-7H. The molecule has 2 aliphatic heterocycles.